The molecule has 31 heavy (non-hydrogen) atoms. The number of carbonyl (C=O) groups is 2. The molecule has 1 saturated heterocycles. The Morgan fingerprint density at radius 3 is 2.42 bits per heavy atom. The third kappa shape index (κ3) is 5.45. The fourth-order valence-corrected chi connectivity index (χ4v) is 3.78. The zero-order valence-corrected chi connectivity index (χ0v) is 17.7. The summed E-state index contributed by atoms with van der Waals surface area (Å²) >= 11 is 0. The number of aliphatic hydroxyl groups excluding tert-OH is 1. The Morgan fingerprint density at radius 1 is 1.03 bits per heavy atom. The van der Waals surface area contributed by atoms with Crippen molar-refractivity contribution in [2.24, 2.45) is 0 Å². The van der Waals surface area contributed by atoms with Crippen LogP contribution in [0.5, 0.6) is 0 Å². The summed E-state index contributed by atoms with van der Waals surface area (Å²) in [6.45, 7) is 5.73. The highest BCUT2D eigenvalue weighted by Gasteiger charge is 2.29. The van der Waals surface area contributed by atoms with Crippen LogP contribution >= 0.6 is 0 Å². The first-order valence-corrected chi connectivity index (χ1v) is 10.3. The molecule has 2 aromatic rings. The van der Waals surface area contributed by atoms with Gasteiger partial charge in [-0.05, 0) is 37.5 Å². The average Bonchev–Trinajstić information content (AvgIpc) is 2.97. The van der Waals surface area contributed by atoms with Gasteiger partial charge in [-0.3, -0.25) is 14.5 Å². The summed E-state index contributed by atoms with van der Waals surface area (Å²) in [7, 11) is 0. The molecule has 1 aliphatic heterocycles. The van der Waals surface area contributed by atoms with Gasteiger partial charge in [-0.25, -0.2) is 8.78 Å². The number of para-hydroxylation sites is 1. The van der Waals surface area contributed by atoms with E-state index in [4.69, 9.17) is 0 Å². The molecule has 0 bridgehead atoms. The van der Waals surface area contributed by atoms with Crippen LogP contribution in [0.25, 0.3) is 0 Å². The SMILES string of the molecule is Cc1cccc(C)c1NC(=O)CN1CCCN(C(=O)C(O)c2cccc(F)c2F)CC1. The lowest BCUT2D eigenvalue weighted by molar-refractivity contribution is -0.140. The quantitative estimate of drug-likeness (QED) is 0.764. The van der Waals surface area contributed by atoms with Gasteiger partial charge >= 0.3 is 0 Å². The maximum absolute atomic E-state index is 13.9. The predicted octanol–water partition coefficient (Wildman–Crippen LogP) is 2.79. The smallest absolute Gasteiger partial charge is 0.256 e. The molecule has 1 fully saturated rings. The summed E-state index contributed by atoms with van der Waals surface area (Å²) < 4.78 is 27.4. The van der Waals surface area contributed by atoms with E-state index < -0.39 is 23.6 Å². The third-order valence-electron chi connectivity index (χ3n) is 5.52. The monoisotopic (exact) mass is 431 g/mol. The van der Waals surface area contributed by atoms with Gasteiger partial charge in [0.25, 0.3) is 5.91 Å². The topological polar surface area (TPSA) is 72.9 Å². The van der Waals surface area contributed by atoms with E-state index in [2.05, 4.69) is 5.32 Å². The molecule has 6 nitrogen and oxygen atoms in total. The minimum Gasteiger partial charge on any atom is -0.378 e. The lowest BCUT2D eigenvalue weighted by Crippen LogP contribution is -2.40. The summed E-state index contributed by atoms with van der Waals surface area (Å²) in [5.74, 6) is -3.14. The van der Waals surface area contributed by atoms with E-state index >= 15 is 0 Å². The molecule has 1 atom stereocenters. The number of benzene rings is 2. The van der Waals surface area contributed by atoms with Crippen LogP contribution in [-0.2, 0) is 9.59 Å². The van der Waals surface area contributed by atoms with Crippen molar-refractivity contribution in [3.63, 3.8) is 0 Å². The molecule has 0 aromatic heterocycles. The van der Waals surface area contributed by atoms with Gasteiger partial charge in [-0.15, -0.1) is 0 Å². The van der Waals surface area contributed by atoms with E-state index in [9.17, 15) is 23.5 Å². The van der Waals surface area contributed by atoms with E-state index in [1.165, 1.54) is 17.0 Å². The number of hydrogen-bond acceptors (Lipinski definition) is 4. The summed E-state index contributed by atoms with van der Waals surface area (Å²) in [6, 6.07) is 9.19. The summed E-state index contributed by atoms with van der Waals surface area (Å²) in [6.07, 6.45) is -1.17. The number of aliphatic hydroxyl groups is 1. The van der Waals surface area contributed by atoms with Crippen LogP contribution in [0.1, 0.15) is 29.2 Å². The largest absolute Gasteiger partial charge is 0.378 e. The molecule has 1 unspecified atom stereocenters. The molecule has 1 aliphatic rings. The van der Waals surface area contributed by atoms with E-state index in [0.717, 1.165) is 22.9 Å². The van der Waals surface area contributed by atoms with Gasteiger partial charge in [0.05, 0.1) is 6.54 Å². The third-order valence-corrected chi connectivity index (χ3v) is 5.52. The lowest BCUT2D eigenvalue weighted by Gasteiger charge is -2.24. The van der Waals surface area contributed by atoms with Gasteiger partial charge in [0, 0.05) is 37.4 Å². The van der Waals surface area contributed by atoms with E-state index in [1.54, 1.807) is 0 Å². The van der Waals surface area contributed by atoms with Crippen LogP contribution in [-0.4, -0.2) is 59.4 Å². The van der Waals surface area contributed by atoms with Gasteiger partial charge in [0.15, 0.2) is 17.7 Å². The fraction of sp³-hybridized carbons (Fsp3) is 0.391. The molecule has 2 amide bonds. The number of anilines is 1. The Kier molecular flexibility index (Phi) is 7.35. The number of hydrogen-bond donors (Lipinski definition) is 2. The van der Waals surface area contributed by atoms with Crippen LogP contribution < -0.4 is 5.32 Å². The Hall–Kier alpha value is -2.84. The second-order valence-corrected chi connectivity index (χ2v) is 7.82. The number of carbonyl (C=O) groups excluding carboxylic acids is 2. The number of amides is 2. The first kappa shape index (κ1) is 22.8. The molecule has 3 rings (SSSR count). The van der Waals surface area contributed by atoms with Gasteiger partial charge < -0.3 is 15.3 Å². The first-order chi connectivity index (χ1) is 14.8. The van der Waals surface area contributed by atoms with Crippen molar-refractivity contribution in [1.29, 1.82) is 0 Å². The highest BCUT2D eigenvalue weighted by Crippen LogP contribution is 2.22. The molecule has 2 N–H and O–H groups in total. The molecular formula is C23H27F2N3O3. The molecule has 166 valence electrons. The first-order valence-electron chi connectivity index (χ1n) is 10.3. The summed E-state index contributed by atoms with van der Waals surface area (Å²) in [5.41, 5.74) is 2.40. The van der Waals surface area contributed by atoms with Crippen molar-refractivity contribution in [3.8, 4) is 0 Å². The Morgan fingerprint density at radius 2 is 1.71 bits per heavy atom. The number of halogens is 2. The number of nitrogens with zero attached hydrogens (tertiary/aromatic N) is 2. The highest BCUT2D eigenvalue weighted by atomic mass is 19.2. The normalized spacial score (nSPS) is 16.0. The molecular weight excluding hydrogens is 404 g/mol. The Bertz CT molecular complexity index is 947. The van der Waals surface area contributed by atoms with Crippen LogP contribution in [0.4, 0.5) is 14.5 Å². The maximum atomic E-state index is 13.9. The van der Waals surface area contributed by atoms with Crippen molar-refractivity contribution in [1.82, 2.24) is 9.80 Å². The number of nitrogens with one attached hydrogen (secondary N) is 1. The van der Waals surface area contributed by atoms with Crippen molar-refractivity contribution >= 4 is 17.5 Å². The molecule has 2 aromatic carbocycles. The highest BCUT2D eigenvalue weighted by molar-refractivity contribution is 5.93. The van der Waals surface area contributed by atoms with Gasteiger partial charge in [0.1, 0.15) is 0 Å². The minimum atomic E-state index is -1.77. The fourth-order valence-electron chi connectivity index (χ4n) is 3.78. The number of aryl methyl sites for hydroxylation is 2. The van der Waals surface area contributed by atoms with Crippen molar-refractivity contribution in [3.05, 3.63) is 64.7 Å². The van der Waals surface area contributed by atoms with Crippen LogP contribution in [0.2, 0.25) is 0 Å². The van der Waals surface area contributed by atoms with E-state index in [0.29, 0.717) is 26.1 Å². The molecule has 1 heterocycles. The number of rotatable bonds is 5. The van der Waals surface area contributed by atoms with Gasteiger partial charge in [-0.1, -0.05) is 30.3 Å². The van der Waals surface area contributed by atoms with Gasteiger partial charge in [-0.2, -0.15) is 0 Å². The van der Waals surface area contributed by atoms with Gasteiger partial charge in [0.2, 0.25) is 5.91 Å². The Labute approximate surface area is 180 Å². The molecule has 0 saturated carbocycles. The predicted molar refractivity (Wildman–Crippen MR) is 114 cm³/mol. The average molecular weight is 431 g/mol. The second-order valence-electron chi connectivity index (χ2n) is 7.82. The molecule has 0 radical (unpaired) electrons. The van der Waals surface area contributed by atoms with E-state index in [-0.39, 0.29) is 24.6 Å². The molecule has 8 heteroatoms. The molecule has 0 aliphatic carbocycles. The molecule has 0 spiro atoms. The maximum Gasteiger partial charge on any atom is 0.256 e. The van der Waals surface area contributed by atoms with Crippen molar-refractivity contribution in [2.75, 3.05) is 38.0 Å². The zero-order chi connectivity index (χ0) is 22.5. The Balaban J connectivity index is 1.58. The van der Waals surface area contributed by atoms with Crippen molar-refractivity contribution in [2.45, 2.75) is 26.4 Å². The zero-order valence-electron chi connectivity index (χ0n) is 17.7. The lowest BCUT2D eigenvalue weighted by atomic mass is 10.1. The van der Waals surface area contributed by atoms with Crippen LogP contribution in [0.3, 0.4) is 0 Å². The summed E-state index contributed by atoms with van der Waals surface area (Å²) in [4.78, 5) is 28.5. The second kappa shape index (κ2) is 9.98. The van der Waals surface area contributed by atoms with Crippen molar-refractivity contribution < 1.29 is 23.5 Å². The summed E-state index contributed by atoms with van der Waals surface area (Å²) in [5, 5.41) is 13.2. The van der Waals surface area contributed by atoms with E-state index in [1.807, 2.05) is 36.9 Å². The minimum absolute atomic E-state index is 0.140. The van der Waals surface area contributed by atoms with Crippen LogP contribution in [0, 0.1) is 25.5 Å². The standard InChI is InChI=1S/C23H27F2N3O3/c1-15-6-3-7-16(2)21(15)26-19(29)14-27-10-5-11-28(13-12-27)23(31)22(30)17-8-4-9-18(24)20(17)25/h3-4,6-9,22,30H,5,10-14H2,1-2H3,(H,26,29). The van der Waals surface area contributed by atoms with Crippen LogP contribution in [0.15, 0.2) is 36.4 Å².